The Kier molecular flexibility index (Phi) is 11.7. The van der Waals surface area contributed by atoms with E-state index in [9.17, 15) is 29.1 Å². The first-order valence-electron chi connectivity index (χ1n) is 11.4. The third-order valence-corrected chi connectivity index (χ3v) is 4.49. The van der Waals surface area contributed by atoms with Crippen LogP contribution >= 0.6 is 0 Å². The summed E-state index contributed by atoms with van der Waals surface area (Å²) in [5, 5.41) is 19.1. The van der Waals surface area contributed by atoms with Gasteiger partial charge in [0, 0.05) is 6.42 Å². The molecule has 0 fully saturated rings. The molecule has 11 nitrogen and oxygen atoms in total. The zero-order chi connectivity index (χ0) is 26.6. The van der Waals surface area contributed by atoms with Gasteiger partial charge >= 0.3 is 12.1 Å². The molecule has 5 N–H and O–H groups in total. The highest BCUT2D eigenvalue weighted by molar-refractivity contribution is 5.92. The lowest BCUT2D eigenvalue weighted by Crippen LogP contribution is -2.54. The molecule has 0 unspecified atom stereocenters. The summed E-state index contributed by atoms with van der Waals surface area (Å²) < 4.78 is 5.03. The summed E-state index contributed by atoms with van der Waals surface area (Å²) in [6, 6.07) is 6.76. The van der Waals surface area contributed by atoms with Gasteiger partial charge in [0.15, 0.2) is 0 Å². The number of benzene rings is 1. The number of ether oxygens (including phenoxy) is 1. The Morgan fingerprint density at radius 3 is 2.03 bits per heavy atom. The van der Waals surface area contributed by atoms with Gasteiger partial charge in [0.2, 0.25) is 17.7 Å². The number of hydrogen-bond donors (Lipinski definition) is 5. The second-order valence-corrected chi connectivity index (χ2v) is 9.47. The van der Waals surface area contributed by atoms with E-state index < -0.39 is 60.6 Å². The molecule has 0 radical (unpaired) electrons. The number of carbonyl (C=O) groups is 5. The zero-order valence-electron chi connectivity index (χ0n) is 20.8. The van der Waals surface area contributed by atoms with Crippen LogP contribution in [0.2, 0.25) is 0 Å². The van der Waals surface area contributed by atoms with Crippen LogP contribution in [0.15, 0.2) is 30.3 Å². The molecule has 0 heterocycles. The lowest BCUT2D eigenvalue weighted by Gasteiger charge is -2.22. The molecule has 2 atom stereocenters. The van der Waals surface area contributed by atoms with Gasteiger partial charge in [-0.2, -0.15) is 0 Å². The maximum absolute atomic E-state index is 12.9. The van der Waals surface area contributed by atoms with Crippen molar-refractivity contribution in [2.75, 3.05) is 13.1 Å². The van der Waals surface area contributed by atoms with E-state index in [4.69, 9.17) is 4.74 Å². The van der Waals surface area contributed by atoms with E-state index in [1.54, 1.807) is 51.1 Å². The van der Waals surface area contributed by atoms with Crippen molar-refractivity contribution >= 4 is 29.8 Å². The summed E-state index contributed by atoms with van der Waals surface area (Å²) in [5.74, 6) is -3.06. The Balaban J connectivity index is 2.72. The smallest absolute Gasteiger partial charge is 0.408 e. The number of carboxylic acid groups (broad SMARTS) is 1. The summed E-state index contributed by atoms with van der Waals surface area (Å²) in [6.45, 7) is 7.88. The molecule has 35 heavy (non-hydrogen) atoms. The topological polar surface area (TPSA) is 163 Å². The van der Waals surface area contributed by atoms with Crippen LogP contribution in [0.25, 0.3) is 0 Å². The molecule has 1 rings (SSSR count). The van der Waals surface area contributed by atoms with Gasteiger partial charge in [-0.05, 0) is 38.7 Å². The third kappa shape index (κ3) is 13.0. The van der Waals surface area contributed by atoms with Crippen LogP contribution < -0.4 is 21.3 Å². The van der Waals surface area contributed by atoms with Gasteiger partial charge < -0.3 is 31.1 Å². The number of aliphatic carboxylic acids is 1. The fourth-order valence-corrected chi connectivity index (χ4v) is 2.98. The first kappa shape index (κ1) is 29.4. The molecular weight excluding hydrogens is 456 g/mol. The summed E-state index contributed by atoms with van der Waals surface area (Å²) in [7, 11) is 0. The number of alkyl carbamates (subject to hydrolysis) is 1. The van der Waals surface area contributed by atoms with Crippen LogP contribution in [0, 0.1) is 5.92 Å². The number of carbonyl (C=O) groups excluding carboxylic acids is 4. The van der Waals surface area contributed by atoms with Gasteiger partial charge in [-0.3, -0.25) is 14.4 Å². The lowest BCUT2D eigenvalue weighted by atomic mass is 10.0. The molecule has 0 spiro atoms. The molecule has 0 aliphatic heterocycles. The van der Waals surface area contributed by atoms with Crippen LogP contribution in [0.5, 0.6) is 0 Å². The number of nitrogens with one attached hydrogen (secondary N) is 4. The molecular formula is C24H36N4O7. The maximum atomic E-state index is 12.9. The largest absolute Gasteiger partial charge is 0.480 e. The van der Waals surface area contributed by atoms with E-state index in [2.05, 4.69) is 21.3 Å². The summed E-state index contributed by atoms with van der Waals surface area (Å²) in [5.41, 5.74) is 0.0399. The first-order chi connectivity index (χ1) is 16.3. The average Bonchev–Trinajstić information content (AvgIpc) is 2.74. The average molecular weight is 493 g/mol. The highest BCUT2D eigenvalue weighted by Gasteiger charge is 2.27. The van der Waals surface area contributed by atoms with Crippen molar-refractivity contribution in [1.29, 1.82) is 0 Å². The van der Waals surface area contributed by atoms with Crippen molar-refractivity contribution < 1.29 is 33.8 Å². The van der Waals surface area contributed by atoms with Crippen molar-refractivity contribution in [3.05, 3.63) is 35.9 Å². The molecule has 1 aromatic carbocycles. The van der Waals surface area contributed by atoms with Crippen molar-refractivity contribution in [3.63, 3.8) is 0 Å². The molecule has 1 aromatic rings. The van der Waals surface area contributed by atoms with Gasteiger partial charge in [-0.15, -0.1) is 0 Å². The Morgan fingerprint density at radius 2 is 1.49 bits per heavy atom. The summed E-state index contributed by atoms with van der Waals surface area (Å²) in [4.78, 5) is 60.4. The third-order valence-electron chi connectivity index (χ3n) is 4.49. The SMILES string of the molecule is CC(C)C[C@H](NC(=O)[C@H](Cc1ccccc1)NC(=O)CNC(=O)CNC(=O)OC(C)(C)C)C(=O)O. The molecule has 194 valence electrons. The van der Waals surface area contributed by atoms with Crippen molar-refractivity contribution in [1.82, 2.24) is 21.3 Å². The van der Waals surface area contributed by atoms with E-state index in [-0.39, 0.29) is 18.8 Å². The Labute approximate surface area is 205 Å². The van der Waals surface area contributed by atoms with E-state index in [1.807, 2.05) is 13.8 Å². The minimum Gasteiger partial charge on any atom is -0.480 e. The van der Waals surface area contributed by atoms with Crippen molar-refractivity contribution in [2.45, 2.75) is 65.1 Å². The zero-order valence-corrected chi connectivity index (χ0v) is 20.8. The number of amides is 4. The minimum absolute atomic E-state index is 0.0306. The molecule has 0 aromatic heterocycles. The first-order valence-corrected chi connectivity index (χ1v) is 11.4. The summed E-state index contributed by atoms with van der Waals surface area (Å²) in [6.07, 6.45) is -0.417. The monoisotopic (exact) mass is 492 g/mol. The Hall–Kier alpha value is -3.63. The second-order valence-electron chi connectivity index (χ2n) is 9.47. The van der Waals surface area contributed by atoms with Crippen LogP contribution in [0.1, 0.15) is 46.6 Å². The molecule has 0 aliphatic carbocycles. The predicted octanol–water partition coefficient (Wildman–Crippen LogP) is 0.970. The fraction of sp³-hybridized carbons (Fsp3) is 0.542. The van der Waals surface area contributed by atoms with Gasteiger partial charge in [0.05, 0.1) is 6.54 Å². The van der Waals surface area contributed by atoms with Crippen LogP contribution in [-0.2, 0) is 30.3 Å². The number of rotatable bonds is 12. The number of hydrogen-bond acceptors (Lipinski definition) is 6. The van der Waals surface area contributed by atoms with Gasteiger partial charge in [0.25, 0.3) is 0 Å². The van der Waals surface area contributed by atoms with Gasteiger partial charge in [-0.1, -0.05) is 44.2 Å². The molecule has 0 aliphatic rings. The molecule has 0 bridgehead atoms. The van der Waals surface area contributed by atoms with E-state index in [0.717, 1.165) is 5.56 Å². The molecule has 4 amide bonds. The van der Waals surface area contributed by atoms with Crippen LogP contribution in [-0.4, -0.2) is 65.7 Å². The van der Waals surface area contributed by atoms with E-state index in [0.29, 0.717) is 0 Å². The van der Waals surface area contributed by atoms with Crippen molar-refractivity contribution in [2.24, 2.45) is 5.92 Å². The molecule has 0 saturated carbocycles. The van der Waals surface area contributed by atoms with E-state index >= 15 is 0 Å². The second kappa shape index (κ2) is 13.9. The highest BCUT2D eigenvalue weighted by atomic mass is 16.6. The number of carboxylic acids is 1. The normalized spacial score (nSPS) is 12.7. The fourth-order valence-electron chi connectivity index (χ4n) is 2.98. The van der Waals surface area contributed by atoms with Crippen LogP contribution in [0.3, 0.4) is 0 Å². The summed E-state index contributed by atoms with van der Waals surface area (Å²) >= 11 is 0. The predicted molar refractivity (Wildman–Crippen MR) is 128 cm³/mol. The lowest BCUT2D eigenvalue weighted by molar-refractivity contribution is -0.142. The van der Waals surface area contributed by atoms with Crippen molar-refractivity contribution in [3.8, 4) is 0 Å². The quantitative estimate of drug-likeness (QED) is 0.290. The Bertz CT molecular complexity index is 882. The molecule has 0 saturated heterocycles. The van der Waals surface area contributed by atoms with E-state index in [1.165, 1.54) is 0 Å². The maximum Gasteiger partial charge on any atom is 0.408 e. The molecule has 11 heteroatoms. The Morgan fingerprint density at radius 1 is 0.886 bits per heavy atom. The minimum atomic E-state index is -1.17. The van der Waals surface area contributed by atoms with Crippen LogP contribution in [0.4, 0.5) is 4.79 Å². The highest BCUT2D eigenvalue weighted by Crippen LogP contribution is 2.08. The standard InChI is InChI=1S/C24H36N4O7/c1-15(2)11-18(22(32)33)28-21(31)17(12-16-9-7-6-8-10-16)27-20(30)14-25-19(29)13-26-23(34)35-24(3,4)5/h6-10,15,17-18H,11-14H2,1-5H3,(H,25,29)(H,26,34)(H,27,30)(H,28,31)(H,32,33)/t17-,18-/m0/s1. The van der Waals surface area contributed by atoms with Gasteiger partial charge in [0.1, 0.15) is 24.2 Å². The van der Waals surface area contributed by atoms with Gasteiger partial charge in [-0.25, -0.2) is 9.59 Å².